The molecule has 106 valence electrons. The van der Waals surface area contributed by atoms with Gasteiger partial charge in [0.15, 0.2) is 0 Å². The van der Waals surface area contributed by atoms with E-state index in [1.165, 1.54) is 5.56 Å². The molecule has 1 unspecified atom stereocenters. The van der Waals surface area contributed by atoms with Gasteiger partial charge < -0.3 is 19.9 Å². The normalized spacial score (nSPS) is 20.7. The lowest BCUT2D eigenvalue weighted by molar-refractivity contribution is 0.0600. The van der Waals surface area contributed by atoms with Crippen molar-refractivity contribution in [1.82, 2.24) is 5.32 Å². The van der Waals surface area contributed by atoms with Crippen LogP contribution in [0.4, 0.5) is 0 Å². The number of rotatable bonds is 6. The molecule has 2 rings (SSSR count). The highest BCUT2D eigenvalue weighted by Gasteiger charge is 2.32. The Hall–Kier alpha value is -1.10. The lowest BCUT2D eigenvalue weighted by Gasteiger charge is -2.38. The van der Waals surface area contributed by atoms with E-state index < -0.39 is 0 Å². The van der Waals surface area contributed by atoms with Crippen molar-refractivity contribution < 1.29 is 14.6 Å². The molecule has 1 heterocycles. The monoisotopic (exact) mass is 265 g/mol. The van der Waals surface area contributed by atoms with Gasteiger partial charge in [-0.2, -0.15) is 0 Å². The molecule has 1 aliphatic heterocycles. The van der Waals surface area contributed by atoms with Gasteiger partial charge in [0.1, 0.15) is 11.4 Å². The molecule has 0 saturated carbocycles. The van der Waals surface area contributed by atoms with Gasteiger partial charge in [0.05, 0.1) is 19.8 Å². The molecule has 1 aromatic carbocycles. The van der Waals surface area contributed by atoms with Gasteiger partial charge in [-0.25, -0.2) is 0 Å². The van der Waals surface area contributed by atoms with Crippen molar-refractivity contribution in [3.05, 3.63) is 29.8 Å². The molecule has 0 radical (unpaired) electrons. The summed E-state index contributed by atoms with van der Waals surface area (Å²) in [5.41, 5.74) is 1.06. The summed E-state index contributed by atoms with van der Waals surface area (Å²) < 4.78 is 11.3. The molecule has 2 N–H and O–H groups in total. The van der Waals surface area contributed by atoms with E-state index in [4.69, 9.17) is 14.6 Å². The molecule has 1 aliphatic rings. The fourth-order valence-corrected chi connectivity index (χ4v) is 2.46. The molecule has 19 heavy (non-hydrogen) atoms. The van der Waals surface area contributed by atoms with Gasteiger partial charge in [-0.1, -0.05) is 18.2 Å². The Labute approximate surface area is 114 Å². The van der Waals surface area contributed by atoms with E-state index in [0.29, 0.717) is 13.2 Å². The molecule has 0 bridgehead atoms. The van der Waals surface area contributed by atoms with Gasteiger partial charge in [-0.15, -0.1) is 0 Å². The molecule has 4 nitrogen and oxygen atoms in total. The predicted molar refractivity (Wildman–Crippen MR) is 74.4 cm³/mol. The minimum Gasteiger partial charge on any atom is -0.487 e. The molecule has 1 aromatic rings. The Balaban J connectivity index is 1.96. The van der Waals surface area contributed by atoms with Crippen LogP contribution in [0.5, 0.6) is 5.75 Å². The fraction of sp³-hybridized carbons (Fsp3) is 0.600. The van der Waals surface area contributed by atoms with E-state index in [0.717, 1.165) is 18.7 Å². The summed E-state index contributed by atoms with van der Waals surface area (Å²) in [6.07, 6.45) is 0.935. The van der Waals surface area contributed by atoms with Crippen LogP contribution in [0.3, 0.4) is 0 Å². The first-order valence-electron chi connectivity index (χ1n) is 6.82. The second kappa shape index (κ2) is 6.37. The number of aliphatic hydroxyl groups excluding tert-OH is 1. The first-order chi connectivity index (χ1) is 9.12. The highest BCUT2D eigenvalue weighted by atomic mass is 16.5. The van der Waals surface area contributed by atoms with Crippen LogP contribution in [0.2, 0.25) is 0 Å². The highest BCUT2D eigenvalue weighted by molar-refractivity contribution is 5.38. The third kappa shape index (κ3) is 3.93. The SMILES string of the molecule is CC1(C)CC(NCCOCCO)c2ccccc2O1. The first-order valence-corrected chi connectivity index (χ1v) is 6.82. The van der Waals surface area contributed by atoms with E-state index in [1.54, 1.807) is 0 Å². The Bertz CT molecular complexity index is 406. The second-order valence-corrected chi connectivity index (χ2v) is 5.45. The summed E-state index contributed by atoms with van der Waals surface area (Å²) in [7, 11) is 0. The number of ether oxygens (including phenoxy) is 2. The smallest absolute Gasteiger partial charge is 0.124 e. The molecule has 0 amide bonds. The third-order valence-corrected chi connectivity index (χ3v) is 3.25. The number of nitrogens with one attached hydrogen (secondary N) is 1. The fourth-order valence-electron chi connectivity index (χ4n) is 2.46. The molecular formula is C15H23NO3. The van der Waals surface area contributed by atoms with Crippen molar-refractivity contribution in [1.29, 1.82) is 0 Å². The van der Waals surface area contributed by atoms with E-state index >= 15 is 0 Å². The van der Waals surface area contributed by atoms with E-state index in [1.807, 2.05) is 18.2 Å². The molecule has 1 atom stereocenters. The summed E-state index contributed by atoms with van der Waals surface area (Å²) in [6.45, 7) is 6.08. The van der Waals surface area contributed by atoms with E-state index in [-0.39, 0.29) is 18.2 Å². The minimum atomic E-state index is -0.155. The topological polar surface area (TPSA) is 50.7 Å². The molecule has 0 aliphatic carbocycles. The zero-order chi connectivity index (χ0) is 13.7. The molecule has 0 aromatic heterocycles. The second-order valence-electron chi connectivity index (χ2n) is 5.45. The van der Waals surface area contributed by atoms with Gasteiger partial charge >= 0.3 is 0 Å². The lowest BCUT2D eigenvalue weighted by atomic mass is 9.90. The Morgan fingerprint density at radius 3 is 2.95 bits per heavy atom. The van der Waals surface area contributed by atoms with Crippen LogP contribution in [-0.4, -0.2) is 37.1 Å². The molecule has 0 saturated heterocycles. The molecule has 4 heteroatoms. The van der Waals surface area contributed by atoms with Crippen LogP contribution in [0.1, 0.15) is 31.9 Å². The number of hydrogen-bond donors (Lipinski definition) is 2. The van der Waals surface area contributed by atoms with Crippen LogP contribution in [0, 0.1) is 0 Å². The number of fused-ring (bicyclic) bond motifs is 1. The van der Waals surface area contributed by atoms with Crippen molar-refractivity contribution in [3.63, 3.8) is 0 Å². The van der Waals surface area contributed by atoms with Crippen LogP contribution in [0.25, 0.3) is 0 Å². The van der Waals surface area contributed by atoms with Gasteiger partial charge in [-0.05, 0) is 19.9 Å². The molecule has 0 spiro atoms. The Morgan fingerprint density at radius 1 is 1.37 bits per heavy atom. The zero-order valence-corrected chi connectivity index (χ0v) is 11.7. The standard InChI is InChI=1S/C15H23NO3/c1-15(2)11-13(16-7-9-18-10-8-17)12-5-3-4-6-14(12)19-15/h3-6,13,16-17H,7-11H2,1-2H3. The first kappa shape index (κ1) is 14.3. The number of benzene rings is 1. The van der Waals surface area contributed by atoms with Crippen molar-refractivity contribution >= 4 is 0 Å². The minimum absolute atomic E-state index is 0.0765. The Kier molecular flexibility index (Phi) is 4.80. The van der Waals surface area contributed by atoms with Crippen molar-refractivity contribution in [2.45, 2.75) is 31.9 Å². The van der Waals surface area contributed by atoms with Gasteiger partial charge in [0.25, 0.3) is 0 Å². The van der Waals surface area contributed by atoms with Crippen molar-refractivity contribution in [3.8, 4) is 5.75 Å². The van der Waals surface area contributed by atoms with Crippen LogP contribution in [-0.2, 0) is 4.74 Å². The average molecular weight is 265 g/mol. The quantitative estimate of drug-likeness (QED) is 0.771. The molecular weight excluding hydrogens is 242 g/mol. The van der Waals surface area contributed by atoms with Crippen LogP contribution >= 0.6 is 0 Å². The summed E-state index contributed by atoms with van der Waals surface area (Å²) in [4.78, 5) is 0. The maximum atomic E-state index is 8.65. The predicted octanol–water partition coefficient (Wildman–Crippen LogP) is 1.89. The number of hydrogen-bond acceptors (Lipinski definition) is 4. The third-order valence-electron chi connectivity index (χ3n) is 3.25. The summed E-state index contributed by atoms with van der Waals surface area (Å²) in [5, 5.41) is 12.2. The number of para-hydroxylation sites is 1. The summed E-state index contributed by atoms with van der Waals surface area (Å²) in [5.74, 6) is 0.965. The highest BCUT2D eigenvalue weighted by Crippen LogP contribution is 2.38. The van der Waals surface area contributed by atoms with E-state index in [9.17, 15) is 0 Å². The van der Waals surface area contributed by atoms with Crippen LogP contribution in [0.15, 0.2) is 24.3 Å². The largest absolute Gasteiger partial charge is 0.487 e. The Morgan fingerprint density at radius 2 is 2.16 bits per heavy atom. The van der Waals surface area contributed by atoms with Crippen molar-refractivity contribution in [2.75, 3.05) is 26.4 Å². The maximum absolute atomic E-state index is 8.65. The van der Waals surface area contributed by atoms with E-state index in [2.05, 4.69) is 25.2 Å². The van der Waals surface area contributed by atoms with Crippen molar-refractivity contribution in [2.24, 2.45) is 0 Å². The maximum Gasteiger partial charge on any atom is 0.124 e. The molecule has 0 fully saturated rings. The zero-order valence-electron chi connectivity index (χ0n) is 11.7. The van der Waals surface area contributed by atoms with Gasteiger partial charge in [0, 0.05) is 24.6 Å². The summed E-state index contributed by atoms with van der Waals surface area (Å²) in [6, 6.07) is 8.46. The summed E-state index contributed by atoms with van der Waals surface area (Å²) >= 11 is 0. The lowest BCUT2D eigenvalue weighted by Crippen LogP contribution is -2.40. The van der Waals surface area contributed by atoms with Crippen LogP contribution < -0.4 is 10.1 Å². The van der Waals surface area contributed by atoms with Gasteiger partial charge in [-0.3, -0.25) is 0 Å². The van der Waals surface area contributed by atoms with Gasteiger partial charge in [0.2, 0.25) is 0 Å². The average Bonchev–Trinajstić information content (AvgIpc) is 2.37. The number of aliphatic hydroxyl groups is 1.